The van der Waals surface area contributed by atoms with Gasteiger partial charge in [-0.1, -0.05) is 0 Å². The number of carboxylic acids is 1. The van der Waals surface area contributed by atoms with Crippen LogP contribution in [0.5, 0.6) is 5.75 Å². The summed E-state index contributed by atoms with van der Waals surface area (Å²) in [7, 11) is 0. The molecule has 0 aromatic carbocycles. The Bertz CT molecular complexity index is 340. The molecule has 2 rings (SSSR count). The second kappa shape index (κ2) is 2.93. The van der Waals surface area contributed by atoms with Crippen LogP contribution in [0.3, 0.4) is 0 Å². The fourth-order valence-corrected chi connectivity index (χ4v) is 1.14. The van der Waals surface area contributed by atoms with E-state index in [1.54, 1.807) is 18.3 Å². The second-order valence-corrected chi connectivity index (χ2v) is 2.68. The molecule has 13 heavy (non-hydrogen) atoms. The van der Waals surface area contributed by atoms with Crippen molar-refractivity contribution in [1.82, 2.24) is 4.98 Å². The summed E-state index contributed by atoms with van der Waals surface area (Å²) < 4.78 is 5.17. The summed E-state index contributed by atoms with van der Waals surface area (Å²) in [6.45, 7) is 0.249. The Labute approximate surface area is 74.4 Å². The van der Waals surface area contributed by atoms with Crippen LogP contribution in [0.2, 0.25) is 0 Å². The van der Waals surface area contributed by atoms with E-state index in [1.165, 1.54) is 0 Å². The van der Waals surface area contributed by atoms with E-state index in [0.717, 1.165) is 0 Å². The molecule has 1 aliphatic rings. The number of hydrogen-bond acceptors (Lipinski definition) is 4. The zero-order chi connectivity index (χ0) is 9.26. The highest BCUT2D eigenvalue weighted by Gasteiger charge is 2.25. The Hall–Kier alpha value is -1.78. The zero-order valence-electron chi connectivity index (χ0n) is 6.73. The molecular formula is C8H8N2O3. The van der Waals surface area contributed by atoms with Gasteiger partial charge in [-0.05, 0) is 12.1 Å². The van der Waals surface area contributed by atoms with Gasteiger partial charge in [0.15, 0.2) is 11.6 Å². The summed E-state index contributed by atoms with van der Waals surface area (Å²) in [4.78, 5) is 14.6. The highest BCUT2D eigenvalue weighted by atomic mass is 16.5. The first-order valence-electron chi connectivity index (χ1n) is 3.86. The average molecular weight is 180 g/mol. The highest BCUT2D eigenvalue weighted by molar-refractivity contribution is 5.75. The Kier molecular flexibility index (Phi) is 1.77. The predicted octanol–water partition coefficient (Wildman–Crippen LogP) is 0.339. The lowest BCUT2D eigenvalue weighted by atomic mass is 10.3. The van der Waals surface area contributed by atoms with Crippen molar-refractivity contribution in [2.24, 2.45) is 0 Å². The smallest absolute Gasteiger partial charge is 0.346 e. The van der Waals surface area contributed by atoms with Crippen LogP contribution < -0.4 is 10.1 Å². The summed E-state index contributed by atoms with van der Waals surface area (Å²) in [5.41, 5.74) is 0. The van der Waals surface area contributed by atoms with Crippen LogP contribution >= 0.6 is 0 Å². The molecular weight excluding hydrogens is 172 g/mol. The molecule has 0 aliphatic carbocycles. The molecule has 1 aliphatic heterocycles. The van der Waals surface area contributed by atoms with Crippen molar-refractivity contribution in [3.05, 3.63) is 18.3 Å². The van der Waals surface area contributed by atoms with Gasteiger partial charge in [0.1, 0.15) is 0 Å². The van der Waals surface area contributed by atoms with Crippen LogP contribution in [-0.2, 0) is 4.79 Å². The summed E-state index contributed by atoms with van der Waals surface area (Å²) in [5, 5.41) is 11.6. The molecule has 5 heteroatoms. The Morgan fingerprint density at radius 2 is 2.62 bits per heavy atom. The third-order valence-corrected chi connectivity index (χ3v) is 1.77. The van der Waals surface area contributed by atoms with Crippen LogP contribution in [0, 0.1) is 0 Å². The third-order valence-electron chi connectivity index (χ3n) is 1.77. The van der Waals surface area contributed by atoms with Gasteiger partial charge in [0.2, 0.25) is 6.10 Å². The number of fused-ring (bicyclic) bond motifs is 1. The average Bonchev–Trinajstić information content (AvgIpc) is 2.17. The maximum atomic E-state index is 10.6. The van der Waals surface area contributed by atoms with Crippen LogP contribution in [0.1, 0.15) is 0 Å². The maximum Gasteiger partial charge on any atom is 0.346 e. The number of aromatic nitrogens is 1. The number of aliphatic carboxylic acids is 1. The van der Waals surface area contributed by atoms with Crippen LogP contribution in [0.25, 0.3) is 0 Å². The SMILES string of the molecule is O=C(O)[C@@H]1CNc2ncccc2O1. The third kappa shape index (κ3) is 1.40. The second-order valence-electron chi connectivity index (χ2n) is 2.68. The van der Waals surface area contributed by atoms with Gasteiger partial charge in [-0.25, -0.2) is 9.78 Å². The van der Waals surface area contributed by atoms with Gasteiger partial charge in [-0.15, -0.1) is 0 Å². The number of pyridine rings is 1. The normalized spacial score (nSPS) is 19.5. The number of rotatable bonds is 1. The summed E-state index contributed by atoms with van der Waals surface area (Å²) in [6, 6.07) is 3.38. The highest BCUT2D eigenvalue weighted by Crippen LogP contribution is 2.25. The lowest BCUT2D eigenvalue weighted by Gasteiger charge is -2.23. The van der Waals surface area contributed by atoms with Gasteiger partial charge < -0.3 is 15.2 Å². The fraction of sp³-hybridized carbons (Fsp3) is 0.250. The van der Waals surface area contributed by atoms with E-state index in [2.05, 4.69) is 10.3 Å². The molecule has 0 radical (unpaired) electrons. The molecule has 1 atom stereocenters. The van der Waals surface area contributed by atoms with E-state index in [-0.39, 0.29) is 6.54 Å². The minimum atomic E-state index is -0.970. The van der Waals surface area contributed by atoms with Crippen LogP contribution in [0.4, 0.5) is 5.82 Å². The molecule has 0 bridgehead atoms. The number of carboxylic acid groups (broad SMARTS) is 1. The van der Waals surface area contributed by atoms with Crippen molar-refractivity contribution in [1.29, 1.82) is 0 Å². The topological polar surface area (TPSA) is 71.5 Å². The number of nitrogens with one attached hydrogen (secondary N) is 1. The van der Waals surface area contributed by atoms with E-state index in [0.29, 0.717) is 11.6 Å². The number of carbonyl (C=O) groups is 1. The first-order valence-corrected chi connectivity index (χ1v) is 3.86. The van der Waals surface area contributed by atoms with Gasteiger partial charge >= 0.3 is 5.97 Å². The number of ether oxygens (including phenoxy) is 1. The summed E-state index contributed by atoms with van der Waals surface area (Å²) >= 11 is 0. The van der Waals surface area contributed by atoms with Crippen LogP contribution in [-0.4, -0.2) is 28.7 Å². The number of nitrogens with zero attached hydrogens (tertiary/aromatic N) is 1. The maximum absolute atomic E-state index is 10.6. The molecule has 5 nitrogen and oxygen atoms in total. The monoisotopic (exact) mass is 180 g/mol. The van der Waals surface area contributed by atoms with E-state index in [4.69, 9.17) is 9.84 Å². The van der Waals surface area contributed by atoms with E-state index in [9.17, 15) is 4.79 Å². The predicted molar refractivity (Wildman–Crippen MR) is 44.8 cm³/mol. The molecule has 0 saturated carbocycles. The van der Waals surface area contributed by atoms with Crippen molar-refractivity contribution in [2.45, 2.75) is 6.10 Å². The quantitative estimate of drug-likeness (QED) is 0.652. The molecule has 68 valence electrons. The standard InChI is InChI=1S/C8H8N2O3/c11-8(12)6-4-10-7-5(13-6)2-1-3-9-7/h1-3,6H,4H2,(H,9,10)(H,11,12)/t6-/m0/s1. The summed E-state index contributed by atoms with van der Waals surface area (Å²) in [5.74, 6) is 0.114. The number of anilines is 1. The molecule has 1 aromatic heterocycles. The first kappa shape index (κ1) is 7.85. The molecule has 1 aromatic rings. The van der Waals surface area contributed by atoms with Gasteiger partial charge in [-0.3, -0.25) is 0 Å². The van der Waals surface area contributed by atoms with Crippen molar-refractivity contribution in [3.8, 4) is 5.75 Å². The fourth-order valence-electron chi connectivity index (χ4n) is 1.14. The van der Waals surface area contributed by atoms with Gasteiger partial charge in [-0.2, -0.15) is 0 Å². The van der Waals surface area contributed by atoms with E-state index in [1.807, 2.05) is 0 Å². The van der Waals surface area contributed by atoms with Crippen LogP contribution in [0.15, 0.2) is 18.3 Å². The minimum Gasteiger partial charge on any atom is -0.478 e. The zero-order valence-corrected chi connectivity index (χ0v) is 6.73. The van der Waals surface area contributed by atoms with Gasteiger partial charge in [0.25, 0.3) is 0 Å². The van der Waals surface area contributed by atoms with Crippen molar-refractivity contribution < 1.29 is 14.6 Å². The number of hydrogen-bond donors (Lipinski definition) is 2. The van der Waals surface area contributed by atoms with Gasteiger partial charge in [0, 0.05) is 6.20 Å². The molecule has 0 amide bonds. The Morgan fingerprint density at radius 3 is 3.38 bits per heavy atom. The van der Waals surface area contributed by atoms with E-state index >= 15 is 0 Å². The molecule has 0 fully saturated rings. The van der Waals surface area contributed by atoms with Crippen molar-refractivity contribution >= 4 is 11.8 Å². The molecule has 2 heterocycles. The van der Waals surface area contributed by atoms with Crippen molar-refractivity contribution in [3.63, 3.8) is 0 Å². The Morgan fingerprint density at radius 1 is 1.77 bits per heavy atom. The Balaban J connectivity index is 2.24. The molecule has 0 unspecified atom stereocenters. The molecule has 0 saturated heterocycles. The summed E-state index contributed by atoms with van der Waals surface area (Å²) in [6.07, 6.45) is 0.799. The molecule has 0 spiro atoms. The lowest BCUT2D eigenvalue weighted by Crippen LogP contribution is -2.37. The van der Waals surface area contributed by atoms with E-state index < -0.39 is 12.1 Å². The molecule has 2 N–H and O–H groups in total. The van der Waals surface area contributed by atoms with Crippen molar-refractivity contribution in [2.75, 3.05) is 11.9 Å². The first-order chi connectivity index (χ1) is 6.27. The minimum absolute atomic E-state index is 0.249. The lowest BCUT2D eigenvalue weighted by molar-refractivity contribution is -0.144. The van der Waals surface area contributed by atoms with Gasteiger partial charge in [0.05, 0.1) is 6.54 Å². The largest absolute Gasteiger partial charge is 0.478 e.